The molecule has 33 nitrogen and oxygen atoms in total. The summed E-state index contributed by atoms with van der Waals surface area (Å²) >= 11 is 0. The number of nitrogens with one attached hydrogen (secondary N) is 3. The normalized spacial score (nSPS) is 37.1. The van der Waals surface area contributed by atoms with Crippen LogP contribution in [0.4, 0.5) is 0 Å². The summed E-state index contributed by atoms with van der Waals surface area (Å²) in [7, 11) is 0. The molecule has 8 fully saturated rings. The van der Waals surface area contributed by atoms with Gasteiger partial charge >= 0.3 is 11.9 Å². The van der Waals surface area contributed by atoms with E-state index in [1.807, 2.05) is 0 Å². The van der Waals surface area contributed by atoms with Crippen molar-refractivity contribution in [3.05, 3.63) is 71.8 Å². The van der Waals surface area contributed by atoms with Crippen molar-refractivity contribution in [2.45, 2.75) is 301 Å². The fourth-order valence-electron chi connectivity index (χ4n) is 16.2. The maximum Gasteiger partial charge on any atom is 0.332 e. The number of Topliss-reactive ketones (excluding diaryl/α,β-unsaturated/α-hetero) is 1. The van der Waals surface area contributed by atoms with Gasteiger partial charge in [-0.1, -0.05) is 101 Å². The van der Waals surface area contributed by atoms with Gasteiger partial charge in [-0.15, -0.1) is 0 Å². The van der Waals surface area contributed by atoms with E-state index in [1.54, 1.807) is 60.7 Å². The van der Waals surface area contributed by atoms with Crippen LogP contribution >= 0.6 is 0 Å². The number of amides is 3. The Labute approximate surface area is 626 Å². The molecule has 4 heterocycles. The smallest absolute Gasteiger partial charge is 0.332 e. The molecule has 10 rings (SSSR count). The number of carboxylic acid groups (broad SMARTS) is 2. The Morgan fingerprint density at radius 3 is 1.32 bits per heavy atom. The Bertz CT molecular complexity index is 2930. The van der Waals surface area contributed by atoms with Crippen molar-refractivity contribution < 1.29 is 147 Å². The number of hydrogen-bond donors (Lipinski definition) is 15. The standard InChI is InChI=1S/C75H111N3O30/c1-38-56(83)60(87)62(89)74(99-38)107-65-46(76-68(91)42-21-11-5-12-22-42)25-15-27-48(65)103-72-45(64(58(85)52(34-79)105-72)101-50(70(93)94)31-40-17-7-3-8-18-40)33-44(81)36-97-29-30-98-37-54(82)78-55-67(102-51(71(95)96)32-41-19-9-4-10-20-41)59(86)53(35-80)106-73(55)104-49-28-16-26-47(77-69(92)43-23-13-6-14-24-43)66(49)108-75-63(90)61(88)57(84)39(2)100-75/h5-6,11-14,21-24,38-41,45-53,55-67,72-75,79-80,83-90H,3-4,7-10,15-20,25-37H2,1-2H3,(H,76,91)(H,77,92)(H,78,82)(H,93,94)(H,95,96)/t38-,39-,45+,46-,47-,48+,49+,50-,51-,52+,53+,55+,56+,57+,58-,59-,60+,61+,62-,63-,64+,65+,66+,67+,72+,73+,74-,75-/m0/s1. The molecule has 28 atom stereocenters. The molecular formula is C75H111N3O30. The molecule has 0 radical (unpaired) electrons. The summed E-state index contributed by atoms with van der Waals surface area (Å²) in [5.74, 6) is -6.69. The zero-order valence-electron chi connectivity index (χ0n) is 61.0. The number of ether oxygens (including phenoxy) is 12. The fraction of sp³-hybridized carbons (Fsp3) is 0.760. The number of carbonyl (C=O) groups is 6. The molecule has 0 aromatic heterocycles. The quantitative estimate of drug-likeness (QED) is 0.0411. The first-order valence-corrected chi connectivity index (χ1v) is 38.3. The lowest BCUT2D eigenvalue weighted by atomic mass is 9.84. The zero-order valence-corrected chi connectivity index (χ0v) is 61.0. The minimum absolute atomic E-state index is 0.0392. The molecule has 4 saturated heterocycles. The van der Waals surface area contributed by atoms with E-state index in [9.17, 15) is 90.0 Å². The molecule has 0 unspecified atom stereocenters. The third-order valence-corrected chi connectivity index (χ3v) is 22.3. The molecule has 8 aliphatic rings. The van der Waals surface area contributed by atoms with Gasteiger partial charge in [-0.05, 0) is 101 Å². The number of carbonyl (C=O) groups excluding carboxylic acids is 4. The third kappa shape index (κ3) is 22.3. The van der Waals surface area contributed by atoms with Crippen LogP contribution in [0.5, 0.6) is 0 Å². The second-order valence-electron chi connectivity index (χ2n) is 30.0. The van der Waals surface area contributed by atoms with E-state index in [4.69, 9.17) is 56.8 Å². The molecule has 4 aliphatic heterocycles. The van der Waals surface area contributed by atoms with Gasteiger partial charge in [0, 0.05) is 23.5 Å². The summed E-state index contributed by atoms with van der Waals surface area (Å²) in [5, 5.41) is 141. The molecule has 15 N–H and O–H groups in total. The highest BCUT2D eigenvalue weighted by atomic mass is 16.7. The second kappa shape index (κ2) is 40.9. The molecule has 3 amide bonds. The van der Waals surface area contributed by atoms with Crippen LogP contribution in [0, 0.1) is 17.8 Å². The predicted octanol–water partition coefficient (Wildman–Crippen LogP) is 0.0144. The number of ketones is 1. The van der Waals surface area contributed by atoms with E-state index in [1.165, 1.54) is 13.8 Å². The van der Waals surface area contributed by atoms with Gasteiger partial charge in [0.2, 0.25) is 5.91 Å². The lowest BCUT2D eigenvalue weighted by Crippen LogP contribution is -2.68. The lowest BCUT2D eigenvalue weighted by Gasteiger charge is -2.48. The van der Waals surface area contributed by atoms with Crippen molar-refractivity contribution in [2.24, 2.45) is 17.8 Å². The van der Waals surface area contributed by atoms with Crippen LogP contribution in [0.1, 0.15) is 157 Å². The SMILES string of the molecule is C[C@@H]1O[C@@H](O[C@@H]2[C@@H](NC(=O)c3ccccc3)CCC[C@H]2O[C@@H]2O[C@H](CO)[C@H](O)[C@H](O[C@@H](CC3CCCCC3)C(=O)O)[C@H]2CC(=O)COCCOCC(=O)N[C@H]2[C@H](O[C@@H]3CCC[C@H](NC(=O)c4ccccc4)[C@H]3O[C@@H]3O[C@@H](C)[C@@H](O)[C@@H](O)[C@@H]3O)O[C@H](CO)[C@H](O)[C@@H]2O[C@@H](CC2CCCCC2)C(=O)O)[C@@H](O)[C@H](O)[C@@H]1O. The molecule has 33 heteroatoms. The molecule has 108 heavy (non-hydrogen) atoms. The van der Waals surface area contributed by atoms with Crippen molar-refractivity contribution in [1.29, 1.82) is 0 Å². The maximum absolute atomic E-state index is 14.4. The Hall–Kier alpha value is -5.42. The Morgan fingerprint density at radius 1 is 0.444 bits per heavy atom. The minimum atomic E-state index is -1.80. The molecule has 0 bridgehead atoms. The van der Waals surface area contributed by atoms with Crippen molar-refractivity contribution in [3.8, 4) is 0 Å². The highest BCUT2D eigenvalue weighted by Gasteiger charge is 2.55. The lowest BCUT2D eigenvalue weighted by molar-refractivity contribution is -0.340. The summed E-state index contributed by atoms with van der Waals surface area (Å²) in [4.78, 5) is 82.7. The number of aliphatic hydroxyl groups excluding tert-OH is 10. The number of carboxylic acids is 2. The molecule has 606 valence electrons. The summed E-state index contributed by atoms with van der Waals surface area (Å²) < 4.78 is 75.1. The van der Waals surface area contributed by atoms with E-state index in [0.29, 0.717) is 30.4 Å². The summed E-state index contributed by atoms with van der Waals surface area (Å²) in [6.07, 6.45) is -26.6. The van der Waals surface area contributed by atoms with Gasteiger partial charge in [-0.3, -0.25) is 19.2 Å². The number of aliphatic hydroxyl groups is 10. The Balaban J connectivity index is 0.853. The molecule has 2 aromatic rings. The van der Waals surface area contributed by atoms with E-state index < -0.39 is 240 Å². The predicted molar refractivity (Wildman–Crippen MR) is 372 cm³/mol. The van der Waals surface area contributed by atoms with Crippen LogP contribution in [0.3, 0.4) is 0 Å². The first kappa shape index (κ1) is 85.0. The average Bonchev–Trinajstić information content (AvgIpc) is 0.785. The second-order valence-corrected chi connectivity index (χ2v) is 30.0. The van der Waals surface area contributed by atoms with Gasteiger partial charge < -0.3 is 134 Å². The van der Waals surface area contributed by atoms with E-state index in [-0.39, 0.29) is 57.2 Å². The van der Waals surface area contributed by atoms with Gasteiger partial charge in [-0.25, -0.2) is 9.59 Å². The van der Waals surface area contributed by atoms with Crippen molar-refractivity contribution >= 4 is 35.4 Å². The topological polar surface area (TPSA) is 492 Å². The van der Waals surface area contributed by atoms with Crippen LogP contribution < -0.4 is 16.0 Å². The zero-order chi connectivity index (χ0) is 77.3. The van der Waals surface area contributed by atoms with Crippen LogP contribution in [0.15, 0.2) is 60.7 Å². The molecule has 4 saturated carbocycles. The maximum atomic E-state index is 14.4. The number of rotatable bonds is 34. The van der Waals surface area contributed by atoms with Crippen LogP contribution in [0.2, 0.25) is 0 Å². The molecule has 4 aliphatic carbocycles. The van der Waals surface area contributed by atoms with Crippen LogP contribution in [0.25, 0.3) is 0 Å². The summed E-state index contributed by atoms with van der Waals surface area (Å²) in [6.45, 7) is -0.828. The fourth-order valence-corrected chi connectivity index (χ4v) is 16.2. The van der Waals surface area contributed by atoms with Crippen molar-refractivity contribution in [1.82, 2.24) is 16.0 Å². The molecule has 0 spiro atoms. The summed E-state index contributed by atoms with van der Waals surface area (Å²) in [6, 6.07) is 13.2. The van der Waals surface area contributed by atoms with Gasteiger partial charge in [0.05, 0.1) is 69.0 Å². The first-order valence-electron chi connectivity index (χ1n) is 38.3. The molecule has 2 aromatic carbocycles. The number of aliphatic carboxylic acids is 2. The van der Waals surface area contributed by atoms with Gasteiger partial charge in [0.1, 0.15) is 98.6 Å². The van der Waals surface area contributed by atoms with Crippen LogP contribution in [-0.2, 0) is 76.0 Å². The van der Waals surface area contributed by atoms with Crippen molar-refractivity contribution in [3.63, 3.8) is 0 Å². The Morgan fingerprint density at radius 2 is 0.870 bits per heavy atom. The minimum Gasteiger partial charge on any atom is -0.479 e. The highest BCUT2D eigenvalue weighted by Crippen LogP contribution is 2.41. The van der Waals surface area contributed by atoms with Gasteiger partial charge in [0.25, 0.3) is 11.8 Å². The van der Waals surface area contributed by atoms with Gasteiger partial charge in [0.15, 0.2) is 43.2 Å². The van der Waals surface area contributed by atoms with Crippen LogP contribution in [-0.4, -0.2) is 302 Å². The number of benzene rings is 2. The van der Waals surface area contributed by atoms with E-state index >= 15 is 0 Å². The van der Waals surface area contributed by atoms with E-state index in [2.05, 4.69) is 16.0 Å². The average molecular weight is 1530 g/mol. The monoisotopic (exact) mass is 1530 g/mol. The Kier molecular flexibility index (Phi) is 32.2. The van der Waals surface area contributed by atoms with E-state index in [0.717, 1.165) is 64.2 Å². The first-order chi connectivity index (χ1) is 51.9. The third-order valence-electron chi connectivity index (χ3n) is 22.3. The highest BCUT2D eigenvalue weighted by molar-refractivity contribution is 5.95. The molecular weight excluding hydrogens is 1420 g/mol. The largest absolute Gasteiger partial charge is 0.479 e. The summed E-state index contributed by atoms with van der Waals surface area (Å²) in [5.41, 5.74) is 0.594. The number of hydrogen-bond acceptors (Lipinski definition) is 28. The van der Waals surface area contributed by atoms with Gasteiger partial charge in [-0.2, -0.15) is 0 Å². The van der Waals surface area contributed by atoms with Crippen molar-refractivity contribution in [2.75, 3.05) is 39.6 Å².